The van der Waals surface area contributed by atoms with E-state index in [4.69, 9.17) is 0 Å². The lowest BCUT2D eigenvalue weighted by Gasteiger charge is -2.37. The highest BCUT2D eigenvalue weighted by molar-refractivity contribution is 7.13. The normalized spacial score (nSPS) is 19.4. The molecule has 1 heterocycles. The number of fused-ring (bicyclic) bond motifs is 1. The van der Waals surface area contributed by atoms with Crippen molar-refractivity contribution in [3.63, 3.8) is 0 Å². The van der Waals surface area contributed by atoms with Crippen molar-refractivity contribution < 1.29 is 5.11 Å². The van der Waals surface area contributed by atoms with E-state index in [1.54, 1.807) is 0 Å². The molecule has 0 saturated carbocycles. The van der Waals surface area contributed by atoms with Crippen molar-refractivity contribution in [3.8, 4) is 0 Å². The first kappa shape index (κ1) is 14.0. The summed E-state index contributed by atoms with van der Waals surface area (Å²) in [4.78, 5) is 0. The largest absolute Gasteiger partial charge is 0.385 e. The van der Waals surface area contributed by atoms with Gasteiger partial charge in [0.25, 0.3) is 0 Å². The minimum Gasteiger partial charge on any atom is -0.385 e. The molecule has 1 fully saturated rings. The summed E-state index contributed by atoms with van der Waals surface area (Å²) in [6, 6.07) is 12.9. The zero-order valence-corrected chi connectivity index (χ0v) is 13.1. The van der Waals surface area contributed by atoms with Crippen molar-refractivity contribution in [1.29, 1.82) is 0 Å². The van der Waals surface area contributed by atoms with Gasteiger partial charge in [-0.25, -0.2) is 0 Å². The Bertz CT molecular complexity index is 617. The highest BCUT2D eigenvalue weighted by Gasteiger charge is 2.33. The zero-order valence-electron chi connectivity index (χ0n) is 12.0. The summed E-state index contributed by atoms with van der Waals surface area (Å²) >= 11 is 0. The molecule has 1 aliphatic heterocycles. The van der Waals surface area contributed by atoms with Gasteiger partial charge in [0.1, 0.15) is 0 Å². The fourth-order valence-corrected chi connectivity index (χ4v) is 3.39. The Morgan fingerprint density at radius 2 is 1.90 bits per heavy atom. The first-order chi connectivity index (χ1) is 9.62. The lowest BCUT2D eigenvalue weighted by Crippen LogP contribution is -2.38. The van der Waals surface area contributed by atoms with Crippen molar-refractivity contribution >= 4 is 20.2 Å². The van der Waals surface area contributed by atoms with Gasteiger partial charge >= 0.3 is 0 Å². The second-order valence-corrected chi connectivity index (χ2v) is 6.51. The van der Waals surface area contributed by atoms with Gasteiger partial charge in [0.15, 0.2) is 0 Å². The third kappa shape index (κ3) is 2.48. The molecule has 3 heteroatoms. The first-order valence-corrected chi connectivity index (χ1v) is 7.88. The van der Waals surface area contributed by atoms with Crippen LogP contribution in [0.3, 0.4) is 0 Å². The molecular weight excluding hydrogens is 265 g/mol. The van der Waals surface area contributed by atoms with E-state index in [0.29, 0.717) is 0 Å². The Kier molecular flexibility index (Phi) is 3.81. The van der Waals surface area contributed by atoms with Crippen molar-refractivity contribution in [3.05, 3.63) is 47.5 Å². The molecule has 0 amide bonds. The van der Waals surface area contributed by atoms with Crippen molar-refractivity contribution in [2.24, 2.45) is 0 Å². The molecule has 1 unspecified atom stereocenters. The minimum atomic E-state index is -0.666. The van der Waals surface area contributed by atoms with Gasteiger partial charge in [-0.1, -0.05) is 46.6 Å². The summed E-state index contributed by atoms with van der Waals surface area (Å²) in [5.41, 5.74) is 1.76. The highest BCUT2D eigenvalue weighted by atomic mass is 31.0. The molecule has 2 aromatic rings. The minimum absolute atomic E-state index is 0.666. The Labute approximate surface area is 123 Å². The summed E-state index contributed by atoms with van der Waals surface area (Å²) in [5, 5.41) is 13.6. The molecule has 20 heavy (non-hydrogen) atoms. The molecule has 1 N–H and O–H groups in total. The van der Waals surface area contributed by atoms with E-state index in [-0.39, 0.29) is 0 Å². The third-order valence-corrected chi connectivity index (χ3v) is 5.01. The number of hydrogen-bond acceptors (Lipinski definition) is 2. The summed E-state index contributed by atoms with van der Waals surface area (Å²) in [6.45, 7) is 4.03. The Balaban J connectivity index is 2.07. The maximum absolute atomic E-state index is 11.0. The number of hydrogen-bond donors (Lipinski definition) is 1. The topological polar surface area (TPSA) is 23.5 Å². The van der Waals surface area contributed by atoms with Crippen LogP contribution < -0.4 is 0 Å². The predicted octanol–water partition coefficient (Wildman–Crippen LogP) is 3.48. The van der Waals surface area contributed by atoms with Crippen LogP contribution in [-0.4, -0.2) is 22.9 Å². The summed E-state index contributed by atoms with van der Waals surface area (Å²) in [7, 11) is 2.74. The van der Waals surface area contributed by atoms with Gasteiger partial charge in [0.05, 0.1) is 5.60 Å². The van der Waals surface area contributed by atoms with Gasteiger partial charge < -0.3 is 5.11 Å². The molecule has 3 rings (SSSR count). The van der Waals surface area contributed by atoms with Crippen LogP contribution in [0.1, 0.15) is 30.9 Å². The SMILES string of the molecule is CCc1cc(C2(O)CCN(P)CC2)cc2ccccc12. The summed E-state index contributed by atoms with van der Waals surface area (Å²) < 4.78 is 2.20. The molecule has 1 saturated heterocycles. The second kappa shape index (κ2) is 5.44. The lowest BCUT2D eigenvalue weighted by molar-refractivity contribution is -0.00819. The van der Waals surface area contributed by atoms with Crippen LogP contribution in [0.5, 0.6) is 0 Å². The fourth-order valence-electron chi connectivity index (χ4n) is 3.13. The van der Waals surface area contributed by atoms with Gasteiger partial charge in [-0.05, 0) is 47.2 Å². The van der Waals surface area contributed by atoms with E-state index < -0.39 is 5.60 Å². The number of benzene rings is 2. The summed E-state index contributed by atoms with van der Waals surface area (Å²) in [5.74, 6) is 0. The van der Waals surface area contributed by atoms with Crippen molar-refractivity contribution in [1.82, 2.24) is 4.67 Å². The molecule has 0 bridgehead atoms. The molecular formula is C17H22NOP. The summed E-state index contributed by atoms with van der Waals surface area (Å²) in [6.07, 6.45) is 2.61. The monoisotopic (exact) mass is 287 g/mol. The number of piperidine rings is 1. The van der Waals surface area contributed by atoms with Gasteiger partial charge in [-0.2, -0.15) is 0 Å². The van der Waals surface area contributed by atoms with E-state index in [9.17, 15) is 5.11 Å². The molecule has 1 aliphatic rings. The van der Waals surface area contributed by atoms with E-state index in [1.165, 1.54) is 16.3 Å². The number of nitrogens with zero attached hydrogens (tertiary/aromatic N) is 1. The molecule has 0 aromatic heterocycles. The van der Waals surface area contributed by atoms with Crippen LogP contribution in [0.15, 0.2) is 36.4 Å². The van der Waals surface area contributed by atoms with Crippen LogP contribution in [0.2, 0.25) is 0 Å². The van der Waals surface area contributed by atoms with E-state index in [1.807, 2.05) is 0 Å². The van der Waals surface area contributed by atoms with Crippen molar-refractivity contribution in [2.75, 3.05) is 13.1 Å². The molecule has 0 aliphatic carbocycles. The lowest BCUT2D eigenvalue weighted by atomic mass is 9.83. The third-order valence-electron chi connectivity index (χ3n) is 4.49. The Hall–Kier alpha value is -0.950. The maximum Gasteiger partial charge on any atom is 0.0921 e. The predicted molar refractivity (Wildman–Crippen MR) is 87.7 cm³/mol. The number of rotatable bonds is 2. The van der Waals surface area contributed by atoms with Gasteiger partial charge in [-0.3, -0.25) is 4.67 Å². The Morgan fingerprint density at radius 3 is 2.60 bits per heavy atom. The number of aliphatic hydroxyl groups is 1. The quantitative estimate of drug-likeness (QED) is 0.855. The fraction of sp³-hybridized carbons (Fsp3) is 0.412. The van der Waals surface area contributed by atoms with E-state index in [2.05, 4.69) is 57.4 Å². The van der Waals surface area contributed by atoms with Gasteiger partial charge in [0.2, 0.25) is 0 Å². The molecule has 2 aromatic carbocycles. The zero-order chi connectivity index (χ0) is 14.2. The average molecular weight is 287 g/mol. The standard InChI is InChI=1S/C17H22NOP/c1-2-13-11-15(12-14-5-3-4-6-16(13)14)17(19)7-9-18(20)10-8-17/h3-6,11-12,19H,2,7-10,20H2,1H3. The van der Waals surface area contributed by atoms with Crippen LogP contribution in [-0.2, 0) is 12.0 Å². The average Bonchev–Trinajstić information content (AvgIpc) is 2.49. The van der Waals surface area contributed by atoms with Crippen LogP contribution in [0, 0.1) is 0 Å². The molecule has 1 atom stereocenters. The molecule has 0 radical (unpaired) electrons. The molecule has 2 nitrogen and oxygen atoms in total. The van der Waals surface area contributed by atoms with Crippen LogP contribution in [0.25, 0.3) is 10.8 Å². The Morgan fingerprint density at radius 1 is 1.20 bits per heavy atom. The van der Waals surface area contributed by atoms with Crippen molar-refractivity contribution in [2.45, 2.75) is 31.8 Å². The van der Waals surface area contributed by atoms with E-state index in [0.717, 1.165) is 37.9 Å². The number of aryl methyl sites for hydroxylation is 1. The van der Waals surface area contributed by atoms with E-state index >= 15 is 0 Å². The first-order valence-electron chi connectivity index (χ1n) is 7.36. The second-order valence-electron chi connectivity index (χ2n) is 5.78. The highest BCUT2D eigenvalue weighted by Crippen LogP contribution is 2.36. The van der Waals surface area contributed by atoms with Gasteiger partial charge in [-0.15, -0.1) is 0 Å². The maximum atomic E-state index is 11.0. The molecule has 106 valence electrons. The molecule has 0 spiro atoms. The van der Waals surface area contributed by atoms with Crippen LogP contribution >= 0.6 is 9.39 Å². The van der Waals surface area contributed by atoms with Gasteiger partial charge in [0, 0.05) is 13.1 Å². The smallest absolute Gasteiger partial charge is 0.0921 e. The van der Waals surface area contributed by atoms with Crippen LogP contribution in [0.4, 0.5) is 0 Å².